The number of methoxy groups -OCH3 is 1. The van der Waals surface area contributed by atoms with Gasteiger partial charge in [-0.1, -0.05) is 0 Å². The molecule has 0 aliphatic carbocycles. The van der Waals surface area contributed by atoms with Gasteiger partial charge in [0.2, 0.25) is 0 Å². The Morgan fingerprint density at radius 3 is 2.52 bits per heavy atom. The zero-order valence-electron chi connectivity index (χ0n) is 11.3. The zero-order chi connectivity index (χ0) is 15.4. The number of benzene rings is 1. The summed E-state index contributed by atoms with van der Waals surface area (Å²) in [4.78, 5) is 35.7. The molecule has 2 N–H and O–H groups in total. The average Bonchev–Trinajstić information content (AvgIpc) is 2.75. The molecule has 0 radical (unpaired) electrons. The van der Waals surface area contributed by atoms with E-state index in [1.54, 1.807) is 24.3 Å². The van der Waals surface area contributed by atoms with Crippen molar-refractivity contribution in [2.24, 2.45) is 0 Å². The van der Waals surface area contributed by atoms with Crippen LogP contribution >= 0.6 is 0 Å². The molecular formula is C14H14N2O5. The molecule has 1 aliphatic rings. The van der Waals surface area contributed by atoms with Gasteiger partial charge in [0.25, 0.3) is 11.8 Å². The number of carbonyl (C=O) groups is 3. The largest absolute Gasteiger partial charge is 0.465 e. The van der Waals surface area contributed by atoms with Crippen molar-refractivity contribution >= 4 is 23.5 Å². The van der Waals surface area contributed by atoms with E-state index >= 15 is 0 Å². The molecule has 0 fully saturated rings. The summed E-state index contributed by atoms with van der Waals surface area (Å²) in [7, 11) is 1.29. The summed E-state index contributed by atoms with van der Waals surface area (Å²) in [6, 6.07) is 6.28. The normalized spacial score (nSPS) is 14.2. The minimum Gasteiger partial charge on any atom is -0.465 e. The fourth-order valence-corrected chi connectivity index (χ4v) is 1.87. The van der Waals surface area contributed by atoms with Gasteiger partial charge in [0.15, 0.2) is 0 Å². The van der Waals surface area contributed by atoms with Gasteiger partial charge in [0, 0.05) is 11.8 Å². The molecule has 21 heavy (non-hydrogen) atoms. The van der Waals surface area contributed by atoms with E-state index in [9.17, 15) is 14.4 Å². The van der Waals surface area contributed by atoms with Crippen molar-refractivity contribution in [2.45, 2.75) is 0 Å². The number of hydrogen-bond acceptors (Lipinski definition) is 6. The van der Waals surface area contributed by atoms with Gasteiger partial charge in [-0.3, -0.25) is 14.5 Å². The standard InChI is InChI=1S/C14H14N2O5/c1-21-14(20)9-2-4-10(5-3-9)15-11-8-12(18)16(6-7-17)13(11)19/h2-5,8,15,17H,6-7H2,1H3. The first-order valence-corrected chi connectivity index (χ1v) is 6.20. The number of carbonyl (C=O) groups excluding carboxylic acids is 3. The van der Waals surface area contributed by atoms with Gasteiger partial charge in [-0.05, 0) is 24.3 Å². The molecule has 110 valence electrons. The van der Waals surface area contributed by atoms with Gasteiger partial charge >= 0.3 is 5.97 Å². The predicted octanol–water partition coefficient (Wildman–Crippen LogP) is 0.130. The van der Waals surface area contributed by atoms with Crippen molar-refractivity contribution in [1.82, 2.24) is 4.90 Å². The maximum Gasteiger partial charge on any atom is 0.337 e. The van der Waals surface area contributed by atoms with E-state index in [-0.39, 0.29) is 18.8 Å². The Hall–Kier alpha value is -2.67. The number of ether oxygens (including phenoxy) is 1. The van der Waals surface area contributed by atoms with Gasteiger partial charge in [0.1, 0.15) is 5.70 Å². The van der Waals surface area contributed by atoms with Crippen molar-refractivity contribution in [3.05, 3.63) is 41.6 Å². The van der Waals surface area contributed by atoms with Crippen molar-refractivity contribution in [2.75, 3.05) is 25.6 Å². The molecule has 0 saturated carbocycles. The van der Waals surface area contributed by atoms with E-state index in [1.807, 2.05) is 0 Å². The molecule has 1 aliphatic heterocycles. The van der Waals surface area contributed by atoms with Crippen molar-refractivity contribution < 1.29 is 24.2 Å². The highest BCUT2D eigenvalue weighted by Crippen LogP contribution is 2.17. The third kappa shape index (κ3) is 3.09. The van der Waals surface area contributed by atoms with E-state index in [1.165, 1.54) is 13.2 Å². The predicted molar refractivity (Wildman–Crippen MR) is 73.3 cm³/mol. The number of amides is 2. The Labute approximate surface area is 120 Å². The second-order valence-corrected chi connectivity index (χ2v) is 4.27. The second-order valence-electron chi connectivity index (χ2n) is 4.27. The number of imide groups is 1. The van der Waals surface area contributed by atoms with Crippen LogP contribution in [-0.2, 0) is 14.3 Å². The number of aliphatic hydroxyl groups is 1. The summed E-state index contributed by atoms with van der Waals surface area (Å²) < 4.78 is 4.58. The number of rotatable bonds is 5. The number of β-amino-alcohol motifs (C(OH)–C–C–N with tert-alkyl or cyclic N) is 1. The van der Waals surface area contributed by atoms with Crippen LogP contribution in [0.15, 0.2) is 36.0 Å². The molecule has 0 aromatic heterocycles. The summed E-state index contributed by atoms with van der Waals surface area (Å²) in [6.45, 7) is -0.326. The van der Waals surface area contributed by atoms with Crippen LogP contribution in [0.5, 0.6) is 0 Å². The summed E-state index contributed by atoms with van der Waals surface area (Å²) in [6.07, 6.45) is 1.17. The van der Waals surface area contributed by atoms with Gasteiger partial charge in [-0.2, -0.15) is 0 Å². The molecule has 0 spiro atoms. The van der Waals surface area contributed by atoms with Crippen molar-refractivity contribution in [3.8, 4) is 0 Å². The Morgan fingerprint density at radius 1 is 1.29 bits per heavy atom. The minimum absolute atomic E-state index is 0.0410. The molecule has 7 heteroatoms. The average molecular weight is 290 g/mol. The lowest BCUT2D eigenvalue weighted by molar-refractivity contribution is -0.137. The molecule has 1 heterocycles. The van der Waals surface area contributed by atoms with Crippen LogP contribution in [0.25, 0.3) is 0 Å². The fourth-order valence-electron chi connectivity index (χ4n) is 1.87. The molecule has 2 rings (SSSR count). The van der Waals surface area contributed by atoms with Gasteiger partial charge in [-0.15, -0.1) is 0 Å². The third-order valence-electron chi connectivity index (χ3n) is 2.92. The maximum absolute atomic E-state index is 11.9. The quantitative estimate of drug-likeness (QED) is 0.591. The Kier molecular flexibility index (Phi) is 4.34. The van der Waals surface area contributed by atoms with Crippen molar-refractivity contribution in [1.29, 1.82) is 0 Å². The first kappa shape index (κ1) is 14.7. The highest BCUT2D eigenvalue weighted by molar-refractivity contribution is 6.17. The molecule has 0 saturated heterocycles. The Balaban J connectivity index is 2.09. The smallest absolute Gasteiger partial charge is 0.337 e. The molecule has 0 atom stereocenters. The SMILES string of the molecule is COC(=O)c1ccc(NC2=CC(=O)N(CCO)C2=O)cc1. The lowest BCUT2D eigenvalue weighted by Gasteiger charge is -2.13. The van der Waals surface area contributed by atoms with E-state index < -0.39 is 17.8 Å². The number of hydrogen-bond donors (Lipinski definition) is 2. The van der Waals surface area contributed by atoms with Crippen LogP contribution in [0.3, 0.4) is 0 Å². The van der Waals surface area contributed by atoms with Crippen LogP contribution in [0.4, 0.5) is 5.69 Å². The summed E-state index contributed by atoms with van der Waals surface area (Å²) in [5.41, 5.74) is 1.06. The monoisotopic (exact) mass is 290 g/mol. The summed E-state index contributed by atoms with van der Waals surface area (Å²) in [5.74, 6) is -1.42. The van der Waals surface area contributed by atoms with E-state index in [4.69, 9.17) is 5.11 Å². The van der Waals surface area contributed by atoms with Crippen LogP contribution in [0.1, 0.15) is 10.4 Å². The van der Waals surface area contributed by atoms with Crippen LogP contribution < -0.4 is 5.32 Å². The number of nitrogens with zero attached hydrogens (tertiary/aromatic N) is 1. The maximum atomic E-state index is 11.9. The molecule has 0 unspecified atom stereocenters. The van der Waals surface area contributed by atoms with Gasteiger partial charge in [-0.25, -0.2) is 4.79 Å². The summed E-state index contributed by atoms with van der Waals surface area (Å²) >= 11 is 0. The first-order valence-electron chi connectivity index (χ1n) is 6.20. The van der Waals surface area contributed by atoms with Crippen LogP contribution in [0, 0.1) is 0 Å². The highest BCUT2D eigenvalue weighted by atomic mass is 16.5. The lowest BCUT2D eigenvalue weighted by Crippen LogP contribution is -2.34. The molecule has 7 nitrogen and oxygen atoms in total. The summed E-state index contributed by atoms with van der Waals surface area (Å²) in [5, 5.41) is 11.6. The first-order chi connectivity index (χ1) is 10.1. The highest BCUT2D eigenvalue weighted by Gasteiger charge is 2.30. The fraction of sp³-hybridized carbons (Fsp3) is 0.214. The molecule has 0 bridgehead atoms. The number of anilines is 1. The molecular weight excluding hydrogens is 276 g/mol. The van der Waals surface area contributed by atoms with Crippen molar-refractivity contribution in [3.63, 3.8) is 0 Å². The van der Waals surface area contributed by atoms with Gasteiger partial charge < -0.3 is 15.2 Å². The number of aliphatic hydroxyl groups excluding tert-OH is 1. The Morgan fingerprint density at radius 2 is 1.95 bits per heavy atom. The van der Waals surface area contributed by atoms with Crippen LogP contribution in [-0.4, -0.2) is 48.1 Å². The Bertz CT molecular complexity index is 606. The minimum atomic E-state index is -0.494. The van der Waals surface area contributed by atoms with E-state index in [2.05, 4.69) is 10.1 Å². The van der Waals surface area contributed by atoms with Crippen LogP contribution in [0.2, 0.25) is 0 Å². The second kappa shape index (κ2) is 6.19. The number of esters is 1. The topological polar surface area (TPSA) is 95.9 Å². The number of nitrogens with one attached hydrogen (secondary N) is 1. The van der Waals surface area contributed by atoms with Gasteiger partial charge in [0.05, 0.1) is 25.8 Å². The third-order valence-corrected chi connectivity index (χ3v) is 2.92. The molecule has 1 aromatic carbocycles. The molecule has 1 aromatic rings. The van der Waals surface area contributed by atoms with E-state index in [0.29, 0.717) is 11.3 Å². The van der Waals surface area contributed by atoms with E-state index in [0.717, 1.165) is 4.90 Å². The lowest BCUT2D eigenvalue weighted by atomic mass is 10.2. The molecule has 2 amide bonds. The zero-order valence-corrected chi connectivity index (χ0v) is 11.3.